The first kappa shape index (κ1) is 20.8. The standard InChI is InChI=1S/C23H36O3/c1-3-5-7-9-11-17-25-21-15-13-19(14-16-21)22-18-20(23(24)26-22)12-10-8-6-4-2/h13-16,20,22H,3-12,17-18H2,1-2H3. The molecule has 0 radical (unpaired) electrons. The minimum absolute atomic E-state index is 0.0149. The van der Waals surface area contributed by atoms with Crippen LogP contribution in [0.2, 0.25) is 0 Å². The summed E-state index contributed by atoms with van der Waals surface area (Å²) in [6, 6.07) is 8.10. The first-order chi connectivity index (χ1) is 12.7. The molecule has 2 rings (SSSR count). The SMILES string of the molecule is CCCCCCCOc1ccc(C2CC(CCCCCC)C(=O)O2)cc1. The second-order valence-corrected chi connectivity index (χ2v) is 7.54. The number of cyclic esters (lactones) is 1. The van der Waals surface area contributed by atoms with E-state index >= 15 is 0 Å². The van der Waals surface area contributed by atoms with Crippen molar-refractivity contribution >= 4 is 5.97 Å². The predicted octanol–water partition coefficient (Wildman–Crippen LogP) is 6.61. The second kappa shape index (κ2) is 12.0. The third-order valence-corrected chi connectivity index (χ3v) is 5.26. The van der Waals surface area contributed by atoms with Crippen LogP contribution < -0.4 is 4.74 Å². The third-order valence-electron chi connectivity index (χ3n) is 5.26. The first-order valence-corrected chi connectivity index (χ1v) is 10.7. The summed E-state index contributed by atoms with van der Waals surface area (Å²) in [7, 11) is 0. The maximum absolute atomic E-state index is 12.1. The molecule has 1 aliphatic rings. The van der Waals surface area contributed by atoms with Crippen molar-refractivity contribution in [1.29, 1.82) is 0 Å². The van der Waals surface area contributed by atoms with E-state index in [0.717, 1.165) is 43.6 Å². The zero-order valence-electron chi connectivity index (χ0n) is 16.7. The van der Waals surface area contributed by atoms with Crippen molar-refractivity contribution in [1.82, 2.24) is 0 Å². The molecule has 0 aromatic heterocycles. The van der Waals surface area contributed by atoms with Crippen molar-refractivity contribution < 1.29 is 14.3 Å². The summed E-state index contributed by atoms with van der Waals surface area (Å²) in [5.41, 5.74) is 1.09. The number of rotatable bonds is 13. The minimum Gasteiger partial charge on any atom is -0.494 e. The summed E-state index contributed by atoms with van der Waals surface area (Å²) in [6.07, 6.45) is 12.8. The number of carbonyl (C=O) groups is 1. The molecular weight excluding hydrogens is 324 g/mol. The van der Waals surface area contributed by atoms with E-state index in [2.05, 4.69) is 13.8 Å². The van der Waals surface area contributed by atoms with Gasteiger partial charge in [-0.3, -0.25) is 4.79 Å². The molecule has 2 atom stereocenters. The van der Waals surface area contributed by atoms with E-state index in [1.165, 1.54) is 44.9 Å². The van der Waals surface area contributed by atoms with E-state index < -0.39 is 0 Å². The van der Waals surface area contributed by atoms with Gasteiger partial charge < -0.3 is 9.47 Å². The van der Waals surface area contributed by atoms with Crippen molar-refractivity contribution in [3.8, 4) is 5.75 Å². The van der Waals surface area contributed by atoms with E-state index in [1.807, 2.05) is 24.3 Å². The lowest BCUT2D eigenvalue weighted by Crippen LogP contribution is -2.06. The first-order valence-electron chi connectivity index (χ1n) is 10.7. The molecule has 0 saturated carbocycles. The van der Waals surface area contributed by atoms with E-state index in [0.29, 0.717) is 0 Å². The maximum Gasteiger partial charge on any atom is 0.309 e. The number of hydrogen-bond acceptors (Lipinski definition) is 3. The average Bonchev–Trinajstić information content (AvgIpc) is 3.03. The molecule has 1 aromatic rings. The molecule has 1 saturated heterocycles. The van der Waals surface area contributed by atoms with Gasteiger partial charge in [0, 0.05) is 6.42 Å². The van der Waals surface area contributed by atoms with Crippen molar-refractivity contribution in [2.45, 2.75) is 90.6 Å². The minimum atomic E-state index is -0.0817. The van der Waals surface area contributed by atoms with E-state index in [9.17, 15) is 4.79 Å². The van der Waals surface area contributed by atoms with Crippen molar-refractivity contribution in [3.05, 3.63) is 29.8 Å². The largest absolute Gasteiger partial charge is 0.494 e. The van der Waals surface area contributed by atoms with Crippen LogP contribution in [-0.2, 0) is 9.53 Å². The lowest BCUT2D eigenvalue weighted by atomic mass is 9.95. The van der Waals surface area contributed by atoms with Crippen LogP contribution in [0.25, 0.3) is 0 Å². The van der Waals surface area contributed by atoms with Crippen molar-refractivity contribution in [3.63, 3.8) is 0 Å². The Bertz CT molecular complexity index is 509. The van der Waals surface area contributed by atoms with Gasteiger partial charge in [0.25, 0.3) is 0 Å². The molecule has 0 spiro atoms. The molecular formula is C23H36O3. The molecule has 26 heavy (non-hydrogen) atoms. The Kier molecular flexibility index (Phi) is 9.58. The fourth-order valence-corrected chi connectivity index (χ4v) is 3.57. The van der Waals surface area contributed by atoms with Gasteiger partial charge in [0.05, 0.1) is 12.5 Å². The lowest BCUT2D eigenvalue weighted by molar-refractivity contribution is -0.144. The summed E-state index contributed by atoms with van der Waals surface area (Å²) in [5, 5.41) is 0. The fraction of sp³-hybridized carbons (Fsp3) is 0.696. The Hall–Kier alpha value is -1.51. The smallest absolute Gasteiger partial charge is 0.309 e. The lowest BCUT2D eigenvalue weighted by Gasteiger charge is -2.11. The van der Waals surface area contributed by atoms with E-state index in [1.54, 1.807) is 0 Å². The Morgan fingerprint density at radius 2 is 1.58 bits per heavy atom. The highest BCUT2D eigenvalue weighted by Gasteiger charge is 2.34. The van der Waals surface area contributed by atoms with Gasteiger partial charge >= 0.3 is 5.97 Å². The number of benzene rings is 1. The van der Waals surface area contributed by atoms with Crippen LogP contribution in [0.3, 0.4) is 0 Å². The summed E-state index contributed by atoms with van der Waals surface area (Å²) >= 11 is 0. The van der Waals surface area contributed by atoms with Crippen LogP contribution in [0.1, 0.15) is 96.1 Å². The molecule has 1 aliphatic heterocycles. The van der Waals surface area contributed by atoms with Crippen molar-refractivity contribution in [2.75, 3.05) is 6.61 Å². The Morgan fingerprint density at radius 3 is 2.27 bits per heavy atom. The third kappa shape index (κ3) is 7.01. The van der Waals surface area contributed by atoms with Crippen molar-refractivity contribution in [2.24, 2.45) is 5.92 Å². The normalized spacial score (nSPS) is 19.5. The highest BCUT2D eigenvalue weighted by atomic mass is 16.6. The van der Waals surface area contributed by atoms with Crippen LogP contribution in [0, 0.1) is 5.92 Å². The molecule has 0 aliphatic carbocycles. The number of ether oxygens (including phenoxy) is 2. The molecule has 3 nitrogen and oxygen atoms in total. The van der Waals surface area contributed by atoms with Gasteiger partial charge in [-0.1, -0.05) is 77.3 Å². The monoisotopic (exact) mass is 360 g/mol. The van der Waals surface area contributed by atoms with Crippen LogP contribution >= 0.6 is 0 Å². The molecule has 1 fully saturated rings. The highest BCUT2D eigenvalue weighted by molar-refractivity contribution is 5.74. The zero-order valence-corrected chi connectivity index (χ0v) is 16.7. The summed E-state index contributed by atoms with van der Waals surface area (Å²) in [4.78, 5) is 12.1. The summed E-state index contributed by atoms with van der Waals surface area (Å²) in [6.45, 7) is 5.22. The van der Waals surface area contributed by atoms with Gasteiger partial charge in [0.2, 0.25) is 0 Å². The number of carbonyl (C=O) groups excluding carboxylic acids is 1. The molecule has 3 heteroatoms. The van der Waals surface area contributed by atoms with Gasteiger partial charge in [-0.15, -0.1) is 0 Å². The number of hydrogen-bond donors (Lipinski definition) is 0. The molecule has 2 unspecified atom stereocenters. The molecule has 0 amide bonds. The Morgan fingerprint density at radius 1 is 0.923 bits per heavy atom. The van der Waals surface area contributed by atoms with Crippen LogP contribution in [-0.4, -0.2) is 12.6 Å². The predicted molar refractivity (Wildman–Crippen MR) is 106 cm³/mol. The maximum atomic E-state index is 12.1. The summed E-state index contributed by atoms with van der Waals surface area (Å²) < 4.78 is 11.4. The molecule has 0 N–H and O–H groups in total. The molecule has 146 valence electrons. The van der Waals surface area contributed by atoms with Crippen LogP contribution in [0.4, 0.5) is 0 Å². The van der Waals surface area contributed by atoms with E-state index in [-0.39, 0.29) is 18.0 Å². The van der Waals surface area contributed by atoms with Gasteiger partial charge in [-0.2, -0.15) is 0 Å². The Balaban J connectivity index is 1.71. The molecule has 1 aromatic carbocycles. The summed E-state index contributed by atoms with van der Waals surface area (Å²) in [5.74, 6) is 0.972. The van der Waals surface area contributed by atoms with Gasteiger partial charge in [0.1, 0.15) is 11.9 Å². The van der Waals surface area contributed by atoms with Crippen LogP contribution in [0.15, 0.2) is 24.3 Å². The molecule has 0 bridgehead atoms. The Labute approximate surface area is 159 Å². The van der Waals surface area contributed by atoms with Gasteiger partial charge in [0.15, 0.2) is 0 Å². The molecule has 1 heterocycles. The number of esters is 1. The highest BCUT2D eigenvalue weighted by Crippen LogP contribution is 2.36. The zero-order chi connectivity index (χ0) is 18.6. The average molecular weight is 361 g/mol. The second-order valence-electron chi connectivity index (χ2n) is 7.54. The van der Waals surface area contributed by atoms with Gasteiger partial charge in [-0.05, 0) is 30.5 Å². The fourth-order valence-electron chi connectivity index (χ4n) is 3.57. The number of unbranched alkanes of at least 4 members (excludes halogenated alkanes) is 7. The quantitative estimate of drug-likeness (QED) is 0.293. The topological polar surface area (TPSA) is 35.5 Å². The van der Waals surface area contributed by atoms with E-state index in [4.69, 9.17) is 9.47 Å². The van der Waals surface area contributed by atoms with Gasteiger partial charge in [-0.25, -0.2) is 0 Å². The van der Waals surface area contributed by atoms with Crippen LogP contribution in [0.5, 0.6) is 5.75 Å².